The van der Waals surface area contributed by atoms with Crippen molar-refractivity contribution in [3.05, 3.63) is 34.9 Å². The molecule has 0 aromatic heterocycles. The van der Waals surface area contributed by atoms with Crippen molar-refractivity contribution in [3.8, 4) is 0 Å². The van der Waals surface area contributed by atoms with Gasteiger partial charge in [0.15, 0.2) is 0 Å². The molecular formula is C12H18ClN. The molecule has 1 rings (SSSR count). The van der Waals surface area contributed by atoms with Gasteiger partial charge in [-0.05, 0) is 24.6 Å². The van der Waals surface area contributed by atoms with Gasteiger partial charge in [0.2, 0.25) is 0 Å². The van der Waals surface area contributed by atoms with Crippen molar-refractivity contribution < 1.29 is 0 Å². The summed E-state index contributed by atoms with van der Waals surface area (Å²) in [6, 6.07) is 8.03. The largest absolute Gasteiger partial charge is 0.302 e. The van der Waals surface area contributed by atoms with Crippen LogP contribution < -0.4 is 0 Å². The zero-order valence-electron chi connectivity index (χ0n) is 9.13. The molecule has 78 valence electrons. The van der Waals surface area contributed by atoms with Crippen LogP contribution in [-0.4, -0.2) is 18.5 Å². The van der Waals surface area contributed by atoms with Crippen molar-refractivity contribution in [2.24, 2.45) is 5.92 Å². The molecule has 0 spiro atoms. The zero-order valence-corrected chi connectivity index (χ0v) is 9.88. The Kier molecular flexibility index (Phi) is 4.43. The van der Waals surface area contributed by atoms with Crippen LogP contribution in [0, 0.1) is 5.92 Å². The van der Waals surface area contributed by atoms with Gasteiger partial charge >= 0.3 is 0 Å². The predicted octanol–water partition coefficient (Wildman–Crippen LogP) is 3.43. The van der Waals surface area contributed by atoms with Gasteiger partial charge in [-0.3, -0.25) is 0 Å². The predicted molar refractivity (Wildman–Crippen MR) is 62.6 cm³/mol. The van der Waals surface area contributed by atoms with E-state index in [-0.39, 0.29) is 0 Å². The molecule has 0 bridgehead atoms. The summed E-state index contributed by atoms with van der Waals surface area (Å²) in [5.41, 5.74) is 1.21. The summed E-state index contributed by atoms with van der Waals surface area (Å²) in [4.78, 5) is 2.30. The van der Waals surface area contributed by atoms with Crippen LogP contribution in [0.25, 0.3) is 0 Å². The summed E-state index contributed by atoms with van der Waals surface area (Å²) in [6.07, 6.45) is 0. The summed E-state index contributed by atoms with van der Waals surface area (Å²) in [5.74, 6) is 0.697. The fourth-order valence-electron chi connectivity index (χ4n) is 1.61. The zero-order chi connectivity index (χ0) is 10.6. The Labute approximate surface area is 91.7 Å². The van der Waals surface area contributed by atoms with E-state index < -0.39 is 0 Å². The molecular weight excluding hydrogens is 194 g/mol. The summed E-state index contributed by atoms with van der Waals surface area (Å²) in [7, 11) is 2.13. The van der Waals surface area contributed by atoms with Gasteiger partial charge in [-0.25, -0.2) is 0 Å². The number of hydrogen-bond donors (Lipinski definition) is 0. The Hall–Kier alpha value is -0.530. The first-order chi connectivity index (χ1) is 6.59. The lowest BCUT2D eigenvalue weighted by molar-refractivity contribution is 0.288. The van der Waals surface area contributed by atoms with E-state index in [0.29, 0.717) is 5.92 Å². The molecule has 0 saturated carbocycles. The number of rotatable bonds is 4. The molecule has 1 aromatic carbocycles. The van der Waals surface area contributed by atoms with E-state index in [1.54, 1.807) is 0 Å². The molecule has 0 N–H and O–H groups in total. The molecule has 0 aliphatic carbocycles. The number of hydrogen-bond acceptors (Lipinski definition) is 1. The van der Waals surface area contributed by atoms with Gasteiger partial charge in [-0.15, -0.1) is 0 Å². The van der Waals surface area contributed by atoms with Crippen LogP contribution in [0.4, 0.5) is 0 Å². The summed E-state index contributed by atoms with van der Waals surface area (Å²) in [6.45, 7) is 6.48. The molecule has 0 unspecified atom stereocenters. The van der Waals surface area contributed by atoms with Crippen molar-refractivity contribution in [1.29, 1.82) is 0 Å². The highest BCUT2D eigenvalue weighted by atomic mass is 35.5. The van der Waals surface area contributed by atoms with E-state index in [4.69, 9.17) is 11.6 Å². The highest BCUT2D eigenvalue weighted by molar-refractivity contribution is 6.31. The lowest BCUT2D eigenvalue weighted by Gasteiger charge is -2.19. The van der Waals surface area contributed by atoms with Gasteiger partial charge in [-0.1, -0.05) is 43.6 Å². The Balaban J connectivity index is 2.56. The van der Waals surface area contributed by atoms with Crippen LogP contribution in [0.5, 0.6) is 0 Å². The lowest BCUT2D eigenvalue weighted by Crippen LogP contribution is -2.22. The van der Waals surface area contributed by atoms with Gasteiger partial charge in [0.25, 0.3) is 0 Å². The third-order valence-corrected chi connectivity index (χ3v) is 2.44. The topological polar surface area (TPSA) is 3.24 Å². The molecule has 0 aliphatic heterocycles. The molecule has 14 heavy (non-hydrogen) atoms. The smallest absolute Gasteiger partial charge is 0.0451 e. The minimum atomic E-state index is 0.697. The fraction of sp³-hybridized carbons (Fsp3) is 0.500. The van der Waals surface area contributed by atoms with E-state index >= 15 is 0 Å². The van der Waals surface area contributed by atoms with Crippen LogP contribution in [0.2, 0.25) is 5.02 Å². The minimum Gasteiger partial charge on any atom is -0.302 e. The molecule has 2 heteroatoms. The summed E-state index contributed by atoms with van der Waals surface area (Å²) in [5, 5.41) is 0.864. The van der Waals surface area contributed by atoms with E-state index in [1.807, 2.05) is 18.2 Å². The van der Waals surface area contributed by atoms with Crippen molar-refractivity contribution >= 4 is 11.6 Å². The van der Waals surface area contributed by atoms with Crippen LogP contribution in [0.15, 0.2) is 24.3 Å². The monoisotopic (exact) mass is 211 g/mol. The summed E-state index contributed by atoms with van der Waals surface area (Å²) >= 11 is 6.08. The second kappa shape index (κ2) is 5.38. The van der Waals surface area contributed by atoms with Crippen molar-refractivity contribution in [2.75, 3.05) is 13.6 Å². The first kappa shape index (κ1) is 11.5. The normalized spacial score (nSPS) is 11.3. The molecule has 0 radical (unpaired) electrons. The Morgan fingerprint density at radius 3 is 2.50 bits per heavy atom. The molecule has 1 nitrogen and oxygen atoms in total. The molecule has 0 amide bonds. The maximum absolute atomic E-state index is 6.08. The lowest BCUT2D eigenvalue weighted by atomic mass is 10.2. The average molecular weight is 212 g/mol. The van der Waals surface area contributed by atoms with Gasteiger partial charge in [0, 0.05) is 18.1 Å². The number of benzene rings is 1. The summed E-state index contributed by atoms with van der Waals surface area (Å²) < 4.78 is 0. The first-order valence-electron chi connectivity index (χ1n) is 5.01. The van der Waals surface area contributed by atoms with Gasteiger partial charge in [-0.2, -0.15) is 0 Å². The van der Waals surface area contributed by atoms with Crippen LogP contribution in [-0.2, 0) is 6.54 Å². The Morgan fingerprint density at radius 1 is 1.29 bits per heavy atom. The second-order valence-corrected chi connectivity index (χ2v) is 4.59. The first-order valence-corrected chi connectivity index (χ1v) is 5.39. The average Bonchev–Trinajstić information content (AvgIpc) is 2.07. The minimum absolute atomic E-state index is 0.697. The maximum Gasteiger partial charge on any atom is 0.0451 e. The molecule has 1 aromatic rings. The number of nitrogens with zero attached hydrogens (tertiary/aromatic N) is 1. The van der Waals surface area contributed by atoms with Crippen LogP contribution >= 0.6 is 11.6 Å². The fourth-order valence-corrected chi connectivity index (χ4v) is 1.80. The van der Waals surface area contributed by atoms with Crippen LogP contribution in [0.1, 0.15) is 19.4 Å². The third-order valence-electron chi connectivity index (χ3n) is 2.07. The van der Waals surface area contributed by atoms with Crippen molar-refractivity contribution in [3.63, 3.8) is 0 Å². The van der Waals surface area contributed by atoms with Crippen molar-refractivity contribution in [1.82, 2.24) is 4.90 Å². The number of halogens is 1. The van der Waals surface area contributed by atoms with E-state index in [0.717, 1.165) is 18.1 Å². The molecule has 0 saturated heterocycles. The van der Waals surface area contributed by atoms with Gasteiger partial charge in [0.05, 0.1) is 0 Å². The Bertz CT molecular complexity index is 283. The van der Waals surface area contributed by atoms with Gasteiger partial charge in [0.1, 0.15) is 0 Å². The molecule has 0 heterocycles. The van der Waals surface area contributed by atoms with E-state index in [9.17, 15) is 0 Å². The highest BCUT2D eigenvalue weighted by Crippen LogP contribution is 2.16. The standard InChI is InChI=1S/C12H18ClN/c1-10(2)8-14(3)9-11-6-4-5-7-12(11)13/h4-7,10H,8-9H2,1-3H3. The van der Waals surface area contributed by atoms with E-state index in [2.05, 4.69) is 31.9 Å². The second-order valence-electron chi connectivity index (χ2n) is 4.18. The maximum atomic E-state index is 6.08. The SMILES string of the molecule is CC(C)CN(C)Cc1ccccc1Cl. The molecule has 0 fully saturated rings. The Morgan fingerprint density at radius 2 is 1.93 bits per heavy atom. The quantitative estimate of drug-likeness (QED) is 0.738. The molecule has 0 atom stereocenters. The highest BCUT2D eigenvalue weighted by Gasteiger charge is 2.04. The van der Waals surface area contributed by atoms with Crippen molar-refractivity contribution in [2.45, 2.75) is 20.4 Å². The van der Waals surface area contributed by atoms with E-state index in [1.165, 1.54) is 5.56 Å². The third kappa shape index (κ3) is 3.69. The molecule has 0 aliphatic rings. The van der Waals surface area contributed by atoms with Gasteiger partial charge < -0.3 is 4.90 Å². The van der Waals surface area contributed by atoms with Crippen LogP contribution in [0.3, 0.4) is 0 Å².